The predicted octanol–water partition coefficient (Wildman–Crippen LogP) is 1.29. The zero-order valence-corrected chi connectivity index (χ0v) is 16.0. The van der Waals surface area contributed by atoms with E-state index in [0.29, 0.717) is 0 Å². The number of hydrogen-bond acceptors (Lipinski definition) is 6. The lowest BCUT2D eigenvalue weighted by atomic mass is 9.97. The molecule has 2 N–H and O–H groups in total. The molecule has 0 aliphatic rings. The van der Waals surface area contributed by atoms with Gasteiger partial charge in [0.25, 0.3) is 0 Å². The Morgan fingerprint density at radius 1 is 1.12 bits per heavy atom. The number of aliphatic hydroxyl groups is 1. The Morgan fingerprint density at radius 3 is 2.19 bits per heavy atom. The number of aliphatic hydroxyl groups excluding tert-OH is 1. The maximum atomic E-state index is 12.2. The normalized spacial score (nSPS) is 14.5. The number of sulfone groups is 1. The standard InChI is InChI=1S/C18H26O7S/c1-18(2,3)17(22)25-10-15(19)12-26(23,24)11-14(16(20)21)9-13-7-5-4-6-8-13/h4-8,14-15,19H,9-12H2,1-3H3,(H,20,21). The minimum Gasteiger partial charge on any atom is -0.481 e. The molecule has 0 heterocycles. The molecule has 0 saturated heterocycles. The topological polar surface area (TPSA) is 118 Å². The highest BCUT2D eigenvalue weighted by Crippen LogP contribution is 2.16. The highest BCUT2D eigenvalue weighted by Gasteiger charge is 2.29. The first-order valence-electron chi connectivity index (χ1n) is 8.23. The average Bonchev–Trinajstić information content (AvgIpc) is 2.51. The van der Waals surface area contributed by atoms with Crippen LogP contribution in [-0.4, -0.2) is 54.8 Å². The van der Waals surface area contributed by atoms with Crippen LogP contribution < -0.4 is 0 Å². The number of carboxylic acids is 1. The van der Waals surface area contributed by atoms with Crippen LogP contribution in [-0.2, 0) is 30.6 Å². The van der Waals surface area contributed by atoms with E-state index in [-0.39, 0.29) is 6.42 Å². The molecule has 1 aromatic carbocycles. The van der Waals surface area contributed by atoms with E-state index >= 15 is 0 Å². The summed E-state index contributed by atoms with van der Waals surface area (Å²) >= 11 is 0. The van der Waals surface area contributed by atoms with Gasteiger partial charge in [-0.3, -0.25) is 9.59 Å². The monoisotopic (exact) mass is 386 g/mol. The number of carboxylic acid groups (broad SMARTS) is 1. The number of ether oxygens (including phenoxy) is 1. The number of carbonyl (C=O) groups excluding carboxylic acids is 1. The molecule has 8 heteroatoms. The summed E-state index contributed by atoms with van der Waals surface area (Å²) in [5, 5.41) is 19.1. The van der Waals surface area contributed by atoms with Crippen molar-refractivity contribution in [3.63, 3.8) is 0 Å². The van der Waals surface area contributed by atoms with E-state index in [9.17, 15) is 28.2 Å². The van der Waals surface area contributed by atoms with Gasteiger partial charge >= 0.3 is 11.9 Å². The number of rotatable bonds is 9. The Labute approximate surface area is 153 Å². The van der Waals surface area contributed by atoms with Gasteiger partial charge in [-0.05, 0) is 32.8 Å². The Morgan fingerprint density at radius 2 is 1.69 bits per heavy atom. The number of benzene rings is 1. The van der Waals surface area contributed by atoms with Crippen molar-refractivity contribution in [3.8, 4) is 0 Å². The van der Waals surface area contributed by atoms with E-state index in [2.05, 4.69) is 0 Å². The molecule has 2 unspecified atom stereocenters. The van der Waals surface area contributed by atoms with Crippen LogP contribution in [0.15, 0.2) is 30.3 Å². The molecular weight excluding hydrogens is 360 g/mol. The number of hydrogen-bond donors (Lipinski definition) is 2. The van der Waals surface area contributed by atoms with Crippen molar-refractivity contribution in [2.45, 2.75) is 33.3 Å². The summed E-state index contributed by atoms with van der Waals surface area (Å²) < 4.78 is 29.3. The van der Waals surface area contributed by atoms with E-state index in [1.165, 1.54) is 0 Å². The molecule has 26 heavy (non-hydrogen) atoms. The smallest absolute Gasteiger partial charge is 0.311 e. The number of esters is 1. The van der Waals surface area contributed by atoms with Gasteiger partial charge in [0.15, 0.2) is 9.84 Å². The van der Waals surface area contributed by atoms with Gasteiger partial charge < -0.3 is 14.9 Å². The van der Waals surface area contributed by atoms with Gasteiger partial charge in [-0.15, -0.1) is 0 Å². The summed E-state index contributed by atoms with van der Waals surface area (Å²) in [7, 11) is -3.85. The second-order valence-electron chi connectivity index (χ2n) is 7.30. The predicted molar refractivity (Wildman–Crippen MR) is 96.3 cm³/mol. The maximum absolute atomic E-state index is 12.2. The summed E-state index contributed by atoms with van der Waals surface area (Å²) in [5.41, 5.74) is -0.0439. The second-order valence-corrected chi connectivity index (χ2v) is 9.46. The third-order valence-electron chi connectivity index (χ3n) is 3.59. The fourth-order valence-corrected chi connectivity index (χ4v) is 3.91. The quantitative estimate of drug-likeness (QED) is 0.614. The van der Waals surface area contributed by atoms with Crippen molar-refractivity contribution in [3.05, 3.63) is 35.9 Å². The van der Waals surface area contributed by atoms with Crippen molar-refractivity contribution in [1.29, 1.82) is 0 Å². The van der Waals surface area contributed by atoms with Gasteiger partial charge in [-0.1, -0.05) is 30.3 Å². The Balaban J connectivity index is 2.64. The van der Waals surface area contributed by atoms with Crippen LogP contribution in [0.2, 0.25) is 0 Å². The van der Waals surface area contributed by atoms with Gasteiger partial charge in [0.1, 0.15) is 12.7 Å². The lowest BCUT2D eigenvalue weighted by molar-refractivity contribution is -0.155. The summed E-state index contributed by atoms with van der Waals surface area (Å²) in [4.78, 5) is 23.0. The molecule has 7 nitrogen and oxygen atoms in total. The van der Waals surface area contributed by atoms with Gasteiger partial charge in [0, 0.05) is 0 Å². The van der Waals surface area contributed by atoms with Crippen LogP contribution in [0.4, 0.5) is 0 Å². The first kappa shape index (κ1) is 22.1. The zero-order chi connectivity index (χ0) is 20.0. The number of carbonyl (C=O) groups is 2. The highest BCUT2D eigenvalue weighted by molar-refractivity contribution is 7.91. The molecule has 1 rings (SSSR count). The fourth-order valence-electron chi connectivity index (χ4n) is 2.22. The SMILES string of the molecule is CC(C)(C)C(=O)OCC(O)CS(=O)(=O)CC(Cc1ccccc1)C(=O)O. The lowest BCUT2D eigenvalue weighted by Crippen LogP contribution is -2.34. The molecule has 0 aromatic heterocycles. The van der Waals surface area contributed by atoms with Gasteiger partial charge in [0.2, 0.25) is 0 Å². The van der Waals surface area contributed by atoms with E-state index in [0.717, 1.165) is 5.56 Å². The molecule has 0 fully saturated rings. The van der Waals surface area contributed by atoms with Crippen LogP contribution in [0.1, 0.15) is 26.3 Å². The minimum atomic E-state index is -3.85. The minimum absolute atomic E-state index is 0.0739. The van der Waals surface area contributed by atoms with Crippen molar-refractivity contribution in [1.82, 2.24) is 0 Å². The van der Waals surface area contributed by atoms with Gasteiger partial charge in [-0.25, -0.2) is 8.42 Å². The zero-order valence-electron chi connectivity index (χ0n) is 15.2. The summed E-state index contributed by atoms with van der Waals surface area (Å²) in [6, 6.07) is 8.73. The highest BCUT2D eigenvalue weighted by atomic mass is 32.2. The third kappa shape index (κ3) is 7.97. The van der Waals surface area contributed by atoms with Crippen LogP contribution in [0.5, 0.6) is 0 Å². The van der Waals surface area contributed by atoms with E-state index in [1.54, 1.807) is 51.1 Å². The Hall–Kier alpha value is -1.93. The van der Waals surface area contributed by atoms with Crippen LogP contribution in [0.25, 0.3) is 0 Å². The number of aliphatic carboxylic acids is 1. The molecule has 1 aromatic rings. The van der Waals surface area contributed by atoms with Crippen molar-refractivity contribution in [2.75, 3.05) is 18.1 Å². The van der Waals surface area contributed by atoms with E-state index in [4.69, 9.17) is 4.74 Å². The molecular formula is C18H26O7S. The molecule has 0 aliphatic heterocycles. The first-order valence-corrected chi connectivity index (χ1v) is 10.1. The van der Waals surface area contributed by atoms with Crippen molar-refractivity contribution >= 4 is 21.8 Å². The average molecular weight is 386 g/mol. The molecule has 0 amide bonds. The lowest BCUT2D eigenvalue weighted by Gasteiger charge is -2.19. The molecule has 0 saturated carbocycles. The third-order valence-corrected chi connectivity index (χ3v) is 5.40. The molecule has 0 bridgehead atoms. The van der Waals surface area contributed by atoms with Crippen molar-refractivity contribution < 1.29 is 33.0 Å². The van der Waals surface area contributed by atoms with Crippen LogP contribution >= 0.6 is 0 Å². The molecule has 2 atom stereocenters. The molecule has 0 spiro atoms. The Kier molecular flexibility index (Phi) is 7.77. The van der Waals surface area contributed by atoms with Crippen LogP contribution in [0.3, 0.4) is 0 Å². The first-order chi connectivity index (χ1) is 11.9. The largest absolute Gasteiger partial charge is 0.481 e. The van der Waals surface area contributed by atoms with Gasteiger partial charge in [-0.2, -0.15) is 0 Å². The Bertz CT molecular complexity index is 705. The molecule has 0 radical (unpaired) electrons. The van der Waals surface area contributed by atoms with E-state index < -0.39 is 57.3 Å². The van der Waals surface area contributed by atoms with E-state index in [1.807, 2.05) is 0 Å². The molecule has 146 valence electrons. The second kappa shape index (κ2) is 9.14. The summed E-state index contributed by atoms with van der Waals surface area (Å²) in [5.74, 6) is -4.15. The van der Waals surface area contributed by atoms with Crippen LogP contribution in [0, 0.1) is 11.3 Å². The maximum Gasteiger partial charge on any atom is 0.311 e. The molecule has 0 aliphatic carbocycles. The fraction of sp³-hybridized carbons (Fsp3) is 0.556. The van der Waals surface area contributed by atoms with Gasteiger partial charge in [0.05, 0.1) is 22.8 Å². The van der Waals surface area contributed by atoms with Crippen molar-refractivity contribution in [2.24, 2.45) is 11.3 Å². The summed E-state index contributed by atoms with van der Waals surface area (Å²) in [6.45, 7) is 4.46. The summed E-state index contributed by atoms with van der Waals surface area (Å²) in [6.07, 6.45) is -1.33.